The van der Waals surface area contributed by atoms with Gasteiger partial charge in [-0.05, 0) is 0 Å². The third kappa shape index (κ3) is 6.20. The Balaban J connectivity index is 2.37. The average Bonchev–Trinajstić information content (AvgIpc) is 2.33. The summed E-state index contributed by atoms with van der Waals surface area (Å²) in [4.78, 5) is 23.8. The molecule has 1 amide bonds. The second-order valence-corrected chi connectivity index (χ2v) is 4.33. The van der Waals surface area contributed by atoms with E-state index < -0.39 is 30.7 Å². The van der Waals surface area contributed by atoms with Crippen LogP contribution in [0.5, 0.6) is 0 Å². The van der Waals surface area contributed by atoms with E-state index in [-0.39, 0.29) is 39.2 Å². The Labute approximate surface area is 113 Å². The first-order chi connectivity index (χ1) is 9.29. The topological polar surface area (TPSA) is 76.1 Å². The van der Waals surface area contributed by atoms with Crippen LogP contribution < -0.4 is 0 Å². The number of amides is 1. The maximum absolute atomic E-state index is 11.8. The first-order valence-corrected chi connectivity index (χ1v) is 6.03. The second-order valence-electron chi connectivity index (χ2n) is 4.33. The van der Waals surface area contributed by atoms with E-state index in [1.807, 2.05) is 0 Å². The van der Waals surface area contributed by atoms with Gasteiger partial charge in [-0.15, -0.1) is 0 Å². The van der Waals surface area contributed by atoms with Crippen molar-refractivity contribution in [2.24, 2.45) is 0 Å². The zero-order chi connectivity index (χ0) is 15.2. The first-order valence-electron chi connectivity index (χ1n) is 6.03. The summed E-state index contributed by atoms with van der Waals surface area (Å²) in [6.45, 7) is -1.12. The molecule has 1 heterocycles. The zero-order valence-corrected chi connectivity index (χ0v) is 10.7. The molecule has 9 heteroatoms. The lowest BCUT2D eigenvalue weighted by Gasteiger charge is -2.34. The molecule has 1 unspecified atom stereocenters. The predicted octanol–water partition coefficient (Wildman–Crippen LogP) is 0.657. The first kappa shape index (κ1) is 16.7. The van der Waals surface area contributed by atoms with Crippen molar-refractivity contribution in [1.82, 2.24) is 4.90 Å². The van der Waals surface area contributed by atoms with Gasteiger partial charge in [0.1, 0.15) is 6.61 Å². The summed E-state index contributed by atoms with van der Waals surface area (Å²) >= 11 is 0. The number of hydrogen-bond acceptors (Lipinski definition) is 4. The molecular formula is C11H16F3NO5. The Bertz CT molecular complexity index is 347. The number of carbonyl (C=O) groups excluding carboxylic acids is 1. The number of ether oxygens (including phenoxy) is 2. The average molecular weight is 299 g/mol. The van der Waals surface area contributed by atoms with Gasteiger partial charge in [-0.25, -0.2) is 0 Å². The standard InChI is InChI=1S/C11H16F3NO5/c12-11(13,14)7-20-3-1-9(16)15-2-4-19-6-8(15)5-10(17)18/h8H,1-7H2,(H,17,18). The summed E-state index contributed by atoms with van der Waals surface area (Å²) in [5.41, 5.74) is 0. The highest BCUT2D eigenvalue weighted by molar-refractivity contribution is 5.78. The van der Waals surface area contributed by atoms with E-state index in [9.17, 15) is 22.8 Å². The molecule has 1 atom stereocenters. The van der Waals surface area contributed by atoms with Crippen molar-refractivity contribution in [3.63, 3.8) is 0 Å². The molecule has 1 saturated heterocycles. The molecule has 6 nitrogen and oxygen atoms in total. The monoisotopic (exact) mass is 299 g/mol. The fourth-order valence-electron chi connectivity index (χ4n) is 1.84. The Kier molecular flexibility index (Phi) is 6.21. The molecular weight excluding hydrogens is 283 g/mol. The van der Waals surface area contributed by atoms with E-state index in [0.29, 0.717) is 0 Å². The van der Waals surface area contributed by atoms with Crippen LogP contribution in [-0.2, 0) is 19.1 Å². The van der Waals surface area contributed by atoms with Crippen LogP contribution in [0, 0.1) is 0 Å². The van der Waals surface area contributed by atoms with Crippen LogP contribution in [0.25, 0.3) is 0 Å². The molecule has 1 aliphatic rings. The Morgan fingerprint density at radius 3 is 2.70 bits per heavy atom. The van der Waals surface area contributed by atoms with E-state index in [2.05, 4.69) is 4.74 Å². The lowest BCUT2D eigenvalue weighted by molar-refractivity contribution is -0.176. The smallest absolute Gasteiger partial charge is 0.411 e. The summed E-state index contributed by atoms with van der Waals surface area (Å²) < 4.78 is 45.0. The Morgan fingerprint density at radius 2 is 2.10 bits per heavy atom. The largest absolute Gasteiger partial charge is 0.481 e. The quantitative estimate of drug-likeness (QED) is 0.729. The van der Waals surface area contributed by atoms with Gasteiger partial charge in [0.2, 0.25) is 5.91 Å². The normalized spacial score (nSPS) is 19.9. The highest BCUT2D eigenvalue weighted by Gasteiger charge is 2.30. The van der Waals surface area contributed by atoms with Crippen molar-refractivity contribution in [1.29, 1.82) is 0 Å². The van der Waals surface area contributed by atoms with Crippen molar-refractivity contribution in [2.75, 3.05) is 33.0 Å². The van der Waals surface area contributed by atoms with Gasteiger partial charge in [0.05, 0.1) is 38.7 Å². The molecule has 0 saturated carbocycles. The number of hydrogen-bond donors (Lipinski definition) is 1. The summed E-state index contributed by atoms with van der Waals surface area (Å²) in [6.07, 6.45) is -4.89. The molecule has 20 heavy (non-hydrogen) atoms. The molecule has 0 spiro atoms. The fourth-order valence-corrected chi connectivity index (χ4v) is 1.84. The third-order valence-corrected chi connectivity index (χ3v) is 2.68. The van der Waals surface area contributed by atoms with Crippen molar-refractivity contribution in [2.45, 2.75) is 25.1 Å². The van der Waals surface area contributed by atoms with Gasteiger partial charge >= 0.3 is 12.1 Å². The predicted molar refractivity (Wildman–Crippen MR) is 60.1 cm³/mol. The van der Waals surface area contributed by atoms with Gasteiger partial charge in [-0.3, -0.25) is 9.59 Å². The number of alkyl halides is 3. The van der Waals surface area contributed by atoms with Gasteiger partial charge in [-0.1, -0.05) is 0 Å². The van der Waals surface area contributed by atoms with Crippen molar-refractivity contribution in [3.05, 3.63) is 0 Å². The number of carbonyl (C=O) groups is 2. The van der Waals surface area contributed by atoms with Crippen LogP contribution in [0.4, 0.5) is 13.2 Å². The van der Waals surface area contributed by atoms with E-state index in [1.165, 1.54) is 4.90 Å². The second kappa shape index (κ2) is 7.44. The number of rotatable bonds is 6. The lowest BCUT2D eigenvalue weighted by atomic mass is 10.1. The summed E-state index contributed by atoms with van der Waals surface area (Å²) in [7, 11) is 0. The van der Waals surface area contributed by atoms with Crippen LogP contribution in [0.1, 0.15) is 12.8 Å². The SMILES string of the molecule is O=C(O)CC1COCCN1C(=O)CCOCC(F)(F)F. The number of carboxylic acids is 1. The molecule has 0 bridgehead atoms. The molecule has 0 aromatic heterocycles. The van der Waals surface area contributed by atoms with E-state index in [0.717, 1.165) is 0 Å². The zero-order valence-electron chi connectivity index (χ0n) is 10.7. The maximum Gasteiger partial charge on any atom is 0.411 e. The highest BCUT2D eigenvalue weighted by Crippen LogP contribution is 2.15. The molecule has 1 aliphatic heterocycles. The molecule has 0 aliphatic carbocycles. The third-order valence-electron chi connectivity index (χ3n) is 2.68. The van der Waals surface area contributed by atoms with E-state index >= 15 is 0 Å². The Hall–Kier alpha value is -1.35. The molecule has 0 radical (unpaired) electrons. The number of carboxylic acid groups (broad SMARTS) is 1. The van der Waals surface area contributed by atoms with Gasteiger partial charge in [0.15, 0.2) is 0 Å². The van der Waals surface area contributed by atoms with Crippen LogP contribution in [0.2, 0.25) is 0 Å². The Morgan fingerprint density at radius 1 is 1.40 bits per heavy atom. The highest BCUT2D eigenvalue weighted by atomic mass is 19.4. The van der Waals surface area contributed by atoms with E-state index in [1.54, 1.807) is 0 Å². The van der Waals surface area contributed by atoms with Crippen LogP contribution in [-0.4, -0.2) is 67.1 Å². The summed E-state index contributed by atoms with van der Waals surface area (Å²) in [5, 5.41) is 8.73. The van der Waals surface area contributed by atoms with Gasteiger partial charge in [-0.2, -0.15) is 13.2 Å². The fraction of sp³-hybridized carbons (Fsp3) is 0.818. The summed E-state index contributed by atoms with van der Waals surface area (Å²) in [6, 6.07) is -0.587. The van der Waals surface area contributed by atoms with Crippen LogP contribution in [0.15, 0.2) is 0 Å². The minimum Gasteiger partial charge on any atom is -0.481 e. The number of halogens is 3. The molecule has 0 aromatic rings. The van der Waals surface area contributed by atoms with Crippen molar-refractivity contribution < 1.29 is 37.3 Å². The lowest BCUT2D eigenvalue weighted by Crippen LogP contribution is -2.49. The molecule has 1 N–H and O–H groups in total. The molecule has 1 fully saturated rings. The maximum atomic E-state index is 11.8. The number of morpholine rings is 1. The van der Waals surface area contributed by atoms with Crippen LogP contribution >= 0.6 is 0 Å². The molecule has 0 aromatic carbocycles. The molecule has 1 rings (SSSR count). The molecule has 116 valence electrons. The van der Waals surface area contributed by atoms with Gasteiger partial charge in [0.25, 0.3) is 0 Å². The van der Waals surface area contributed by atoms with Crippen molar-refractivity contribution >= 4 is 11.9 Å². The van der Waals surface area contributed by atoms with E-state index in [4.69, 9.17) is 9.84 Å². The summed E-state index contributed by atoms with van der Waals surface area (Å²) in [5.74, 6) is -1.49. The van der Waals surface area contributed by atoms with Crippen molar-refractivity contribution in [3.8, 4) is 0 Å². The number of aliphatic carboxylic acids is 1. The number of nitrogens with zero attached hydrogens (tertiary/aromatic N) is 1. The minimum atomic E-state index is -4.42. The van der Waals surface area contributed by atoms with Crippen LogP contribution in [0.3, 0.4) is 0 Å². The minimum absolute atomic E-state index is 0.113. The van der Waals surface area contributed by atoms with Gasteiger partial charge in [0, 0.05) is 6.54 Å². The van der Waals surface area contributed by atoms with Gasteiger partial charge < -0.3 is 19.5 Å².